The fraction of sp³-hybridized carbons (Fsp3) is 0.259. The third kappa shape index (κ3) is 6.18. The van der Waals surface area contributed by atoms with Gasteiger partial charge in [0.15, 0.2) is 0 Å². The van der Waals surface area contributed by atoms with Crippen molar-refractivity contribution in [2.45, 2.75) is 31.6 Å². The molecule has 0 aromatic heterocycles. The van der Waals surface area contributed by atoms with Gasteiger partial charge in [-0.25, -0.2) is 0 Å². The number of carbonyl (C=O) groups is 2. The van der Waals surface area contributed by atoms with Gasteiger partial charge in [0.05, 0.1) is 21.7 Å². The first-order chi connectivity index (χ1) is 17.2. The van der Waals surface area contributed by atoms with Crippen molar-refractivity contribution in [3.05, 3.63) is 100 Å². The van der Waals surface area contributed by atoms with Gasteiger partial charge in [-0.05, 0) is 54.8 Å². The Morgan fingerprint density at radius 2 is 1.56 bits per heavy atom. The molecule has 1 aliphatic rings. The Morgan fingerprint density at radius 3 is 2.25 bits per heavy atom. The maximum Gasteiger partial charge on any atom is 0.416 e. The monoisotopic (exact) mass is 515 g/mol. The molecule has 0 atom stereocenters. The summed E-state index contributed by atoms with van der Waals surface area (Å²) in [5, 5.41) is 6.16. The summed E-state index contributed by atoms with van der Waals surface area (Å²) in [6.07, 6.45) is -3.06. The van der Waals surface area contributed by atoms with Gasteiger partial charge in [-0.15, -0.1) is 0 Å². The molecule has 9 heteroatoms. The number of carbonyl (C=O) groups excluding carboxylic acids is 2. The van der Waals surface area contributed by atoms with Gasteiger partial charge in [-0.3, -0.25) is 9.59 Å². The van der Waals surface area contributed by atoms with Gasteiger partial charge in [0.1, 0.15) is 0 Å². The topological polar surface area (TPSA) is 61.4 Å². The third-order valence-corrected chi connectivity index (χ3v) is 6.47. The summed E-state index contributed by atoms with van der Waals surface area (Å²) in [5.74, 6) is -0.578. The Balaban J connectivity index is 1.36. The minimum absolute atomic E-state index is 0.0206. The van der Waals surface area contributed by atoms with Crippen molar-refractivity contribution in [1.82, 2.24) is 10.6 Å². The van der Waals surface area contributed by atoms with Gasteiger partial charge in [0.2, 0.25) is 0 Å². The minimum atomic E-state index is -4.44. The van der Waals surface area contributed by atoms with E-state index in [0.29, 0.717) is 47.6 Å². The zero-order valence-corrected chi connectivity index (χ0v) is 20.1. The van der Waals surface area contributed by atoms with E-state index in [4.69, 9.17) is 11.6 Å². The van der Waals surface area contributed by atoms with Crippen molar-refractivity contribution in [1.29, 1.82) is 0 Å². The molecule has 3 aromatic carbocycles. The number of nitrogens with one attached hydrogen (secondary N) is 2. The Labute approximate surface area is 212 Å². The minimum Gasteiger partial charge on any atom is -0.371 e. The lowest BCUT2D eigenvalue weighted by Crippen LogP contribution is -2.45. The number of rotatable bonds is 6. The number of piperidine rings is 1. The fourth-order valence-corrected chi connectivity index (χ4v) is 4.47. The number of benzene rings is 3. The first-order valence-electron chi connectivity index (χ1n) is 11.6. The van der Waals surface area contributed by atoms with E-state index in [-0.39, 0.29) is 24.4 Å². The van der Waals surface area contributed by atoms with Crippen LogP contribution in [0.15, 0.2) is 72.8 Å². The van der Waals surface area contributed by atoms with Crippen LogP contribution in [0.4, 0.5) is 18.9 Å². The average Bonchev–Trinajstić information content (AvgIpc) is 2.87. The molecule has 1 aliphatic heterocycles. The Bertz CT molecular complexity index is 1240. The van der Waals surface area contributed by atoms with Crippen molar-refractivity contribution < 1.29 is 22.8 Å². The van der Waals surface area contributed by atoms with E-state index in [1.807, 2.05) is 12.1 Å². The number of alkyl halides is 3. The van der Waals surface area contributed by atoms with Crippen LogP contribution in [0, 0.1) is 0 Å². The van der Waals surface area contributed by atoms with Gasteiger partial charge in [-0.1, -0.05) is 48.0 Å². The van der Waals surface area contributed by atoms with E-state index < -0.39 is 11.7 Å². The highest BCUT2D eigenvalue weighted by molar-refractivity contribution is 6.33. The summed E-state index contributed by atoms with van der Waals surface area (Å²) < 4.78 is 38.9. The lowest BCUT2D eigenvalue weighted by molar-refractivity contribution is -0.137. The van der Waals surface area contributed by atoms with Crippen LogP contribution >= 0.6 is 11.6 Å². The van der Waals surface area contributed by atoms with Crippen LogP contribution in [0.5, 0.6) is 0 Å². The quantitative estimate of drug-likeness (QED) is 0.443. The summed E-state index contributed by atoms with van der Waals surface area (Å²) in [4.78, 5) is 27.6. The molecule has 5 nitrogen and oxygen atoms in total. The summed E-state index contributed by atoms with van der Waals surface area (Å²) in [6.45, 7) is 1.24. The molecule has 1 heterocycles. The maximum atomic E-state index is 13.0. The highest BCUT2D eigenvalue weighted by atomic mass is 35.5. The van der Waals surface area contributed by atoms with Gasteiger partial charge in [0, 0.05) is 31.4 Å². The number of amides is 2. The van der Waals surface area contributed by atoms with Crippen LogP contribution in [0.2, 0.25) is 5.02 Å². The van der Waals surface area contributed by atoms with Gasteiger partial charge in [-0.2, -0.15) is 13.2 Å². The maximum absolute atomic E-state index is 13.0. The fourth-order valence-electron chi connectivity index (χ4n) is 4.25. The van der Waals surface area contributed by atoms with E-state index >= 15 is 0 Å². The SMILES string of the molecule is O=C(NC1CCN(c2ccccc2C(=O)NCc2cccc(C(F)(F)F)c2)CC1)c1ccccc1Cl. The van der Waals surface area contributed by atoms with Gasteiger partial charge < -0.3 is 15.5 Å². The number of halogens is 4. The standard InChI is InChI=1S/C27H25ClF3N3O2/c28-23-10-3-1-8-21(23)26(36)33-20-12-14-34(15-13-20)24-11-4-2-9-22(24)25(35)32-17-18-6-5-7-19(16-18)27(29,30)31/h1-11,16,20H,12-15,17H2,(H,32,35)(H,33,36). The molecule has 0 aliphatic carbocycles. The zero-order valence-electron chi connectivity index (χ0n) is 19.3. The summed E-state index contributed by atoms with van der Waals surface area (Å²) >= 11 is 6.12. The molecular formula is C27H25ClF3N3O2. The van der Waals surface area contributed by atoms with Crippen LogP contribution in [-0.2, 0) is 12.7 Å². The van der Waals surface area contributed by atoms with E-state index in [2.05, 4.69) is 15.5 Å². The summed E-state index contributed by atoms with van der Waals surface area (Å²) in [7, 11) is 0. The summed E-state index contributed by atoms with van der Waals surface area (Å²) in [6, 6.07) is 18.9. The first-order valence-corrected chi connectivity index (χ1v) is 11.9. The molecule has 0 spiro atoms. The highest BCUT2D eigenvalue weighted by Crippen LogP contribution is 2.30. The molecule has 0 saturated carbocycles. The summed E-state index contributed by atoms with van der Waals surface area (Å²) in [5.41, 5.74) is 1.24. The van der Waals surface area contributed by atoms with E-state index in [1.54, 1.807) is 42.5 Å². The highest BCUT2D eigenvalue weighted by Gasteiger charge is 2.30. The number of para-hydroxylation sites is 1. The Kier molecular flexibility index (Phi) is 7.84. The van der Waals surface area contributed by atoms with Crippen LogP contribution in [0.25, 0.3) is 0 Å². The molecule has 0 bridgehead atoms. The van der Waals surface area contributed by atoms with Crippen LogP contribution in [0.1, 0.15) is 44.7 Å². The van der Waals surface area contributed by atoms with Crippen molar-refractivity contribution in [3.63, 3.8) is 0 Å². The molecule has 2 N–H and O–H groups in total. The van der Waals surface area contributed by atoms with E-state index in [0.717, 1.165) is 17.8 Å². The van der Waals surface area contributed by atoms with Crippen LogP contribution in [0.3, 0.4) is 0 Å². The second-order valence-electron chi connectivity index (χ2n) is 8.61. The number of hydrogen-bond acceptors (Lipinski definition) is 3. The molecule has 2 amide bonds. The second kappa shape index (κ2) is 11.0. The third-order valence-electron chi connectivity index (χ3n) is 6.15. The zero-order chi connectivity index (χ0) is 25.7. The average molecular weight is 516 g/mol. The predicted molar refractivity (Wildman–Crippen MR) is 133 cm³/mol. The number of anilines is 1. The number of nitrogens with zero attached hydrogens (tertiary/aromatic N) is 1. The first kappa shape index (κ1) is 25.6. The largest absolute Gasteiger partial charge is 0.416 e. The van der Waals surface area contributed by atoms with Crippen molar-refractivity contribution in [2.75, 3.05) is 18.0 Å². The molecular weight excluding hydrogens is 491 g/mol. The number of hydrogen-bond donors (Lipinski definition) is 2. The van der Waals surface area contributed by atoms with Crippen molar-refractivity contribution >= 4 is 29.1 Å². The lowest BCUT2D eigenvalue weighted by atomic mass is 10.0. The Morgan fingerprint density at radius 1 is 0.889 bits per heavy atom. The van der Waals surface area contributed by atoms with Gasteiger partial charge in [0.25, 0.3) is 11.8 Å². The smallest absolute Gasteiger partial charge is 0.371 e. The lowest BCUT2D eigenvalue weighted by Gasteiger charge is -2.35. The van der Waals surface area contributed by atoms with Crippen LogP contribution in [-0.4, -0.2) is 30.9 Å². The molecule has 0 radical (unpaired) electrons. The van der Waals surface area contributed by atoms with Gasteiger partial charge >= 0.3 is 6.18 Å². The van der Waals surface area contributed by atoms with Crippen molar-refractivity contribution in [3.8, 4) is 0 Å². The molecule has 1 saturated heterocycles. The van der Waals surface area contributed by atoms with E-state index in [1.165, 1.54) is 6.07 Å². The van der Waals surface area contributed by atoms with Crippen LogP contribution < -0.4 is 15.5 Å². The Hall–Kier alpha value is -3.52. The molecule has 188 valence electrons. The molecule has 3 aromatic rings. The predicted octanol–water partition coefficient (Wildman–Crippen LogP) is 5.69. The normalized spacial score (nSPS) is 14.4. The molecule has 1 fully saturated rings. The second-order valence-corrected chi connectivity index (χ2v) is 9.02. The van der Waals surface area contributed by atoms with E-state index in [9.17, 15) is 22.8 Å². The molecule has 4 rings (SSSR count). The van der Waals surface area contributed by atoms with Crippen molar-refractivity contribution in [2.24, 2.45) is 0 Å². The molecule has 36 heavy (non-hydrogen) atoms. The molecule has 0 unspecified atom stereocenters.